The van der Waals surface area contributed by atoms with Gasteiger partial charge in [0.05, 0.1) is 12.7 Å². The molecule has 1 aliphatic heterocycles. The molecule has 0 N–H and O–H groups in total. The number of hydrogen-bond acceptors (Lipinski definition) is 3. The van der Waals surface area contributed by atoms with Crippen LogP contribution in [0, 0.1) is 0 Å². The van der Waals surface area contributed by atoms with Crippen LogP contribution in [0.5, 0.6) is 5.75 Å². The van der Waals surface area contributed by atoms with Crippen molar-refractivity contribution in [3.05, 3.63) is 29.8 Å². The fourth-order valence-corrected chi connectivity index (χ4v) is 2.10. The molecule has 0 radical (unpaired) electrons. The summed E-state index contributed by atoms with van der Waals surface area (Å²) in [7, 11) is 0. The summed E-state index contributed by atoms with van der Waals surface area (Å²) in [4.78, 5) is 11.3. The van der Waals surface area contributed by atoms with E-state index in [4.69, 9.17) is 9.47 Å². The monoisotopic (exact) mass is 234 g/mol. The zero-order valence-corrected chi connectivity index (χ0v) is 10.1. The number of rotatable bonds is 4. The molecule has 17 heavy (non-hydrogen) atoms. The highest BCUT2D eigenvalue weighted by Crippen LogP contribution is 2.28. The van der Waals surface area contributed by atoms with Gasteiger partial charge in [-0.2, -0.15) is 0 Å². The number of para-hydroxylation sites is 1. The third-order valence-electron chi connectivity index (χ3n) is 2.98. The van der Waals surface area contributed by atoms with E-state index >= 15 is 0 Å². The Bertz CT molecular complexity index is 387. The van der Waals surface area contributed by atoms with Crippen molar-refractivity contribution in [1.82, 2.24) is 0 Å². The Balaban J connectivity index is 1.84. The first kappa shape index (κ1) is 12.0. The SMILES string of the molecule is CCOC(=O)CCC1CCc2ccccc2O1. The van der Waals surface area contributed by atoms with Crippen LogP contribution >= 0.6 is 0 Å². The predicted molar refractivity (Wildman–Crippen MR) is 65.0 cm³/mol. The van der Waals surface area contributed by atoms with Crippen LogP contribution in [0.1, 0.15) is 31.7 Å². The van der Waals surface area contributed by atoms with Crippen molar-refractivity contribution in [1.29, 1.82) is 0 Å². The van der Waals surface area contributed by atoms with Gasteiger partial charge in [-0.05, 0) is 37.8 Å². The molecule has 3 heteroatoms. The molecular formula is C14H18O3. The van der Waals surface area contributed by atoms with Crippen molar-refractivity contribution in [2.24, 2.45) is 0 Å². The number of fused-ring (bicyclic) bond motifs is 1. The highest BCUT2D eigenvalue weighted by molar-refractivity contribution is 5.69. The zero-order chi connectivity index (χ0) is 12.1. The first-order valence-corrected chi connectivity index (χ1v) is 6.19. The summed E-state index contributed by atoms with van der Waals surface area (Å²) in [5.74, 6) is 0.836. The predicted octanol–water partition coefficient (Wildman–Crippen LogP) is 2.72. The van der Waals surface area contributed by atoms with Crippen LogP contribution in [0.15, 0.2) is 24.3 Å². The van der Waals surface area contributed by atoms with E-state index < -0.39 is 0 Å². The van der Waals surface area contributed by atoms with Gasteiger partial charge in [0.2, 0.25) is 0 Å². The van der Waals surface area contributed by atoms with E-state index in [-0.39, 0.29) is 12.1 Å². The van der Waals surface area contributed by atoms with Crippen molar-refractivity contribution >= 4 is 5.97 Å². The molecule has 0 aliphatic carbocycles. The second kappa shape index (κ2) is 5.71. The first-order valence-electron chi connectivity index (χ1n) is 6.19. The number of benzene rings is 1. The minimum atomic E-state index is -0.130. The molecule has 0 fully saturated rings. The second-order valence-electron chi connectivity index (χ2n) is 4.23. The van der Waals surface area contributed by atoms with E-state index in [2.05, 4.69) is 6.07 Å². The number of ether oxygens (including phenoxy) is 2. The molecule has 0 saturated heterocycles. The fourth-order valence-electron chi connectivity index (χ4n) is 2.10. The van der Waals surface area contributed by atoms with Crippen molar-refractivity contribution in [3.63, 3.8) is 0 Å². The van der Waals surface area contributed by atoms with Gasteiger partial charge in [0.25, 0.3) is 0 Å². The van der Waals surface area contributed by atoms with Gasteiger partial charge in [-0.3, -0.25) is 4.79 Å². The summed E-state index contributed by atoms with van der Waals surface area (Å²) in [5, 5.41) is 0. The van der Waals surface area contributed by atoms with Crippen LogP contribution in [-0.4, -0.2) is 18.7 Å². The Labute approximate surface area is 102 Å². The second-order valence-corrected chi connectivity index (χ2v) is 4.23. The maximum absolute atomic E-state index is 11.3. The fraction of sp³-hybridized carbons (Fsp3) is 0.500. The molecule has 3 nitrogen and oxygen atoms in total. The Morgan fingerprint density at radius 1 is 1.47 bits per heavy atom. The average molecular weight is 234 g/mol. The lowest BCUT2D eigenvalue weighted by atomic mass is 10.00. The molecule has 1 aromatic rings. The minimum Gasteiger partial charge on any atom is -0.490 e. The summed E-state index contributed by atoms with van der Waals surface area (Å²) >= 11 is 0. The summed E-state index contributed by atoms with van der Waals surface area (Å²) in [6.07, 6.45) is 3.35. The van der Waals surface area contributed by atoms with Crippen molar-refractivity contribution < 1.29 is 14.3 Å². The summed E-state index contributed by atoms with van der Waals surface area (Å²) in [5.41, 5.74) is 1.26. The molecule has 1 aliphatic rings. The standard InChI is InChI=1S/C14H18O3/c1-2-16-14(15)10-9-12-8-7-11-5-3-4-6-13(11)17-12/h3-6,12H,2,7-10H2,1H3. The van der Waals surface area contributed by atoms with Crippen LogP contribution in [0.25, 0.3) is 0 Å². The molecule has 0 bridgehead atoms. The minimum absolute atomic E-state index is 0.130. The topological polar surface area (TPSA) is 35.5 Å². The third kappa shape index (κ3) is 3.22. The van der Waals surface area contributed by atoms with E-state index in [0.717, 1.165) is 25.0 Å². The Morgan fingerprint density at radius 3 is 3.12 bits per heavy atom. The van der Waals surface area contributed by atoms with E-state index in [1.54, 1.807) is 0 Å². The van der Waals surface area contributed by atoms with Gasteiger partial charge in [-0.15, -0.1) is 0 Å². The Kier molecular flexibility index (Phi) is 4.02. The highest BCUT2D eigenvalue weighted by Gasteiger charge is 2.20. The molecule has 0 amide bonds. The molecule has 1 atom stereocenters. The molecule has 0 saturated carbocycles. The summed E-state index contributed by atoms with van der Waals surface area (Å²) in [6, 6.07) is 8.09. The Morgan fingerprint density at radius 2 is 2.29 bits per heavy atom. The zero-order valence-electron chi connectivity index (χ0n) is 10.1. The molecule has 0 aromatic heterocycles. The van der Waals surface area contributed by atoms with Gasteiger partial charge in [0.15, 0.2) is 0 Å². The smallest absolute Gasteiger partial charge is 0.305 e. The number of aryl methyl sites for hydroxylation is 1. The molecule has 2 rings (SSSR count). The molecular weight excluding hydrogens is 216 g/mol. The molecule has 1 heterocycles. The van der Waals surface area contributed by atoms with E-state index in [0.29, 0.717) is 13.0 Å². The van der Waals surface area contributed by atoms with Gasteiger partial charge in [-0.25, -0.2) is 0 Å². The lowest BCUT2D eigenvalue weighted by molar-refractivity contribution is -0.143. The van der Waals surface area contributed by atoms with Crippen LogP contribution in [0.3, 0.4) is 0 Å². The number of hydrogen-bond donors (Lipinski definition) is 0. The number of carbonyl (C=O) groups is 1. The number of carbonyl (C=O) groups excluding carboxylic acids is 1. The quantitative estimate of drug-likeness (QED) is 0.751. The largest absolute Gasteiger partial charge is 0.490 e. The Hall–Kier alpha value is -1.51. The summed E-state index contributed by atoms with van der Waals surface area (Å²) < 4.78 is 10.8. The first-order chi connectivity index (χ1) is 8.29. The van der Waals surface area contributed by atoms with Gasteiger partial charge < -0.3 is 9.47 Å². The van der Waals surface area contributed by atoms with Crippen LogP contribution in [-0.2, 0) is 16.0 Å². The van der Waals surface area contributed by atoms with Gasteiger partial charge in [-0.1, -0.05) is 18.2 Å². The van der Waals surface area contributed by atoms with Crippen LogP contribution < -0.4 is 4.74 Å². The number of esters is 1. The molecule has 1 aromatic carbocycles. The molecule has 1 unspecified atom stereocenters. The van der Waals surface area contributed by atoms with Gasteiger partial charge >= 0.3 is 5.97 Å². The maximum atomic E-state index is 11.3. The van der Waals surface area contributed by atoms with Crippen LogP contribution in [0.2, 0.25) is 0 Å². The molecule has 0 spiro atoms. The highest BCUT2D eigenvalue weighted by atomic mass is 16.5. The van der Waals surface area contributed by atoms with E-state index in [1.165, 1.54) is 5.56 Å². The van der Waals surface area contributed by atoms with Gasteiger partial charge in [0.1, 0.15) is 5.75 Å². The summed E-state index contributed by atoms with van der Waals surface area (Å²) in [6.45, 7) is 2.28. The van der Waals surface area contributed by atoms with Crippen molar-refractivity contribution in [2.45, 2.75) is 38.7 Å². The lowest BCUT2D eigenvalue weighted by Gasteiger charge is -2.25. The maximum Gasteiger partial charge on any atom is 0.305 e. The third-order valence-corrected chi connectivity index (χ3v) is 2.98. The molecule has 92 valence electrons. The van der Waals surface area contributed by atoms with E-state index in [9.17, 15) is 4.79 Å². The van der Waals surface area contributed by atoms with Crippen molar-refractivity contribution in [3.8, 4) is 5.75 Å². The van der Waals surface area contributed by atoms with Crippen LogP contribution in [0.4, 0.5) is 0 Å². The van der Waals surface area contributed by atoms with Gasteiger partial charge in [0, 0.05) is 6.42 Å². The lowest BCUT2D eigenvalue weighted by Crippen LogP contribution is -2.23. The normalized spacial score (nSPS) is 18.1. The van der Waals surface area contributed by atoms with E-state index in [1.807, 2.05) is 25.1 Å². The average Bonchev–Trinajstić information content (AvgIpc) is 2.36. The van der Waals surface area contributed by atoms with Crippen molar-refractivity contribution in [2.75, 3.05) is 6.61 Å².